The Morgan fingerprint density at radius 3 is 2.38 bits per heavy atom. The van der Waals surface area contributed by atoms with Gasteiger partial charge < -0.3 is 0 Å². The van der Waals surface area contributed by atoms with Crippen molar-refractivity contribution in [3.63, 3.8) is 0 Å². The molecule has 1 heterocycles. The van der Waals surface area contributed by atoms with E-state index in [0.29, 0.717) is 16.2 Å². The van der Waals surface area contributed by atoms with Crippen molar-refractivity contribution in [1.29, 1.82) is 0 Å². The molecule has 92 valence electrons. The highest BCUT2D eigenvalue weighted by atomic mass is 79.9. The monoisotopic (exact) mass is 386 g/mol. The van der Waals surface area contributed by atoms with Crippen LogP contribution in [-0.2, 0) is 0 Å². The summed E-state index contributed by atoms with van der Waals surface area (Å²) in [5, 5.41) is 0.813. The van der Waals surface area contributed by atoms with Crippen molar-refractivity contribution in [3.05, 3.63) is 19.8 Å². The fraction of sp³-hybridized carbons (Fsp3) is 0.667. The van der Waals surface area contributed by atoms with Crippen molar-refractivity contribution in [1.82, 2.24) is 0 Å². The van der Waals surface area contributed by atoms with Crippen LogP contribution in [0.4, 0.5) is 0 Å². The average Bonchev–Trinajstić information content (AvgIpc) is 2.45. The zero-order valence-electron chi connectivity index (χ0n) is 9.98. The summed E-state index contributed by atoms with van der Waals surface area (Å²) in [7, 11) is 0. The summed E-state index contributed by atoms with van der Waals surface area (Å²) < 4.78 is 1.03. The van der Waals surface area contributed by atoms with E-state index in [-0.39, 0.29) is 0 Å². The third-order valence-corrected chi connectivity index (χ3v) is 6.77. The van der Waals surface area contributed by atoms with Gasteiger partial charge in [-0.2, -0.15) is 0 Å². The lowest BCUT2D eigenvalue weighted by atomic mass is 9.79. The van der Waals surface area contributed by atoms with Crippen LogP contribution in [-0.4, -0.2) is 0 Å². The predicted molar refractivity (Wildman–Crippen MR) is 81.9 cm³/mol. The van der Waals surface area contributed by atoms with Crippen LogP contribution < -0.4 is 0 Å². The van der Waals surface area contributed by atoms with Crippen LogP contribution in [0.15, 0.2) is 9.85 Å². The van der Waals surface area contributed by atoms with E-state index in [0.717, 1.165) is 15.2 Å². The van der Waals surface area contributed by atoms with E-state index >= 15 is 0 Å². The van der Waals surface area contributed by atoms with Crippen LogP contribution in [0.2, 0.25) is 5.02 Å². The predicted octanol–water partition coefficient (Wildman–Crippen LogP) is 6.67. The number of alkyl halides is 1. The minimum absolute atomic E-state index is 0.351. The van der Waals surface area contributed by atoms with E-state index < -0.39 is 0 Å². The van der Waals surface area contributed by atoms with Crippen molar-refractivity contribution >= 4 is 54.8 Å². The van der Waals surface area contributed by atoms with Gasteiger partial charge in [0.05, 0.1) is 8.81 Å². The number of thiophene rings is 1. The van der Waals surface area contributed by atoms with Gasteiger partial charge in [0.2, 0.25) is 0 Å². The molecule has 1 aromatic heterocycles. The largest absolute Gasteiger partial charge is 0.130 e. The second kappa shape index (κ2) is 5.73. The summed E-state index contributed by atoms with van der Waals surface area (Å²) in [6.07, 6.45) is 1.13. The van der Waals surface area contributed by atoms with Gasteiger partial charge in [0.1, 0.15) is 0 Å². The molecule has 0 N–H and O–H groups in total. The smallest absolute Gasteiger partial charge is 0.0887 e. The Labute approximate surface area is 124 Å². The maximum absolute atomic E-state index is 6.04. The lowest BCUT2D eigenvalue weighted by Crippen LogP contribution is -2.18. The second-order valence-corrected chi connectivity index (χ2v) is 9.15. The number of hydrogen-bond acceptors (Lipinski definition) is 1. The van der Waals surface area contributed by atoms with E-state index in [4.69, 9.17) is 11.6 Å². The molecule has 0 aliphatic heterocycles. The van der Waals surface area contributed by atoms with E-state index in [1.165, 1.54) is 4.88 Å². The minimum Gasteiger partial charge on any atom is -0.130 e. The third-order valence-electron chi connectivity index (χ3n) is 3.01. The standard InChI is InChI=1S/C12H17Br2ClS/c1-7(12(2,3)4)5-8(13)10-6-9(15)11(14)16-10/h6-8H,5H2,1-4H3. The van der Waals surface area contributed by atoms with Crippen molar-refractivity contribution in [3.8, 4) is 0 Å². The minimum atomic E-state index is 0.351. The Bertz CT molecular complexity index is 335. The van der Waals surface area contributed by atoms with Gasteiger partial charge >= 0.3 is 0 Å². The molecule has 1 aromatic rings. The Balaban J connectivity index is 2.69. The zero-order chi connectivity index (χ0) is 12.5. The molecule has 0 spiro atoms. The molecule has 0 amide bonds. The summed E-state index contributed by atoms with van der Waals surface area (Å²) in [6.45, 7) is 9.16. The topological polar surface area (TPSA) is 0 Å². The normalized spacial score (nSPS) is 16.2. The Morgan fingerprint density at radius 2 is 2.00 bits per heavy atom. The molecule has 2 atom stereocenters. The van der Waals surface area contributed by atoms with Crippen molar-refractivity contribution in [2.24, 2.45) is 11.3 Å². The maximum atomic E-state index is 6.04. The molecule has 2 unspecified atom stereocenters. The van der Waals surface area contributed by atoms with Crippen molar-refractivity contribution < 1.29 is 0 Å². The first-order valence-electron chi connectivity index (χ1n) is 5.30. The number of halogens is 3. The summed E-state index contributed by atoms with van der Waals surface area (Å²) in [5.74, 6) is 0.663. The van der Waals surface area contributed by atoms with E-state index in [2.05, 4.69) is 59.6 Å². The molecule has 0 bridgehead atoms. The molecule has 0 fully saturated rings. The summed E-state index contributed by atoms with van der Waals surface area (Å²) in [5.41, 5.74) is 0.351. The first-order chi connectivity index (χ1) is 7.21. The van der Waals surface area contributed by atoms with Crippen LogP contribution in [0.25, 0.3) is 0 Å². The Kier molecular flexibility index (Phi) is 5.37. The van der Waals surface area contributed by atoms with E-state index in [1.807, 2.05) is 6.07 Å². The molecule has 1 rings (SSSR count). The summed E-state index contributed by atoms with van der Waals surface area (Å²) in [6, 6.07) is 2.05. The lowest BCUT2D eigenvalue weighted by molar-refractivity contribution is 0.247. The van der Waals surface area contributed by atoms with Gasteiger partial charge in [-0.3, -0.25) is 0 Å². The van der Waals surface area contributed by atoms with E-state index in [1.54, 1.807) is 11.3 Å². The Morgan fingerprint density at radius 1 is 1.44 bits per heavy atom. The SMILES string of the molecule is CC(CC(Br)c1cc(Cl)c(Br)s1)C(C)(C)C. The maximum Gasteiger partial charge on any atom is 0.0887 e. The lowest BCUT2D eigenvalue weighted by Gasteiger charge is -2.28. The zero-order valence-corrected chi connectivity index (χ0v) is 14.7. The molecule has 0 aliphatic rings. The first kappa shape index (κ1) is 15.0. The summed E-state index contributed by atoms with van der Waals surface area (Å²) >= 11 is 15.0. The van der Waals surface area contributed by atoms with Crippen LogP contribution in [0, 0.1) is 11.3 Å². The van der Waals surface area contributed by atoms with Gasteiger partial charge in [0.15, 0.2) is 0 Å². The second-order valence-electron chi connectivity index (χ2n) is 5.24. The van der Waals surface area contributed by atoms with Crippen molar-refractivity contribution in [2.75, 3.05) is 0 Å². The van der Waals surface area contributed by atoms with E-state index in [9.17, 15) is 0 Å². The number of rotatable bonds is 3. The fourth-order valence-electron chi connectivity index (χ4n) is 1.30. The molecule has 0 saturated heterocycles. The van der Waals surface area contributed by atoms with Crippen LogP contribution >= 0.6 is 54.8 Å². The molecule has 0 nitrogen and oxygen atoms in total. The quantitative estimate of drug-likeness (QED) is 0.507. The van der Waals surface area contributed by atoms with Crippen LogP contribution in [0.5, 0.6) is 0 Å². The molecular formula is C12H17Br2ClS. The highest BCUT2D eigenvalue weighted by Gasteiger charge is 2.24. The highest BCUT2D eigenvalue weighted by Crippen LogP contribution is 2.43. The number of hydrogen-bond donors (Lipinski definition) is 0. The van der Waals surface area contributed by atoms with Gasteiger partial charge in [-0.05, 0) is 39.8 Å². The van der Waals surface area contributed by atoms with Gasteiger partial charge in [-0.1, -0.05) is 55.2 Å². The Hall–Kier alpha value is 0.950. The molecule has 0 saturated carbocycles. The van der Waals surface area contributed by atoms with Crippen molar-refractivity contribution in [2.45, 2.75) is 38.9 Å². The molecule has 16 heavy (non-hydrogen) atoms. The van der Waals surface area contributed by atoms with Crippen LogP contribution in [0.1, 0.15) is 43.8 Å². The third kappa shape index (κ3) is 4.01. The van der Waals surface area contributed by atoms with Gasteiger partial charge in [0, 0.05) is 9.70 Å². The highest BCUT2D eigenvalue weighted by molar-refractivity contribution is 9.11. The van der Waals surface area contributed by atoms with Gasteiger partial charge in [0.25, 0.3) is 0 Å². The molecule has 0 aromatic carbocycles. The molecule has 0 aliphatic carbocycles. The van der Waals surface area contributed by atoms with Crippen LogP contribution in [0.3, 0.4) is 0 Å². The molecular weight excluding hydrogens is 371 g/mol. The fourth-order valence-corrected chi connectivity index (χ4v) is 4.01. The molecule has 0 radical (unpaired) electrons. The first-order valence-corrected chi connectivity index (χ1v) is 8.21. The summed E-state index contributed by atoms with van der Waals surface area (Å²) in [4.78, 5) is 1.70. The van der Waals surface area contributed by atoms with Gasteiger partial charge in [-0.15, -0.1) is 11.3 Å². The average molecular weight is 389 g/mol. The molecule has 4 heteroatoms. The van der Waals surface area contributed by atoms with Gasteiger partial charge in [-0.25, -0.2) is 0 Å².